The SMILES string of the molecule is O=C/C(C/C=C/CBr)=C1/O[C@@H]2CC(=O)N2C1C(=O)OCc1ccccc1. The minimum Gasteiger partial charge on any atom is -0.471 e. The quantitative estimate of drug-likeness (QED) is 0.169. The summed E-state index contributed by atoms with van der Waals surface area (Å²) in [6.45, 7) is 0.0933. The molecule has 0 saturated carbocycles. The monoisotopic (exact) mass is 419 g/mol. The van der Waals surface area contributed by atoms with Gasteiger partial charge in [-0.1, -0.05) is 58.4 Å². The number of hydrogen-bond donors (Lipinski definition) is 0. The molecular formula is C19H18BrNO5. The molecule has 2 aliphatic heterocycles. The van der Waals surface area contributed by atoms with E-state index in [1.54, 1.807) is 6.08 Å². The first-order chi connectivity index (χ1) is 12.7. The van der Waals surface area contributed by atoms with Gasteiger partial charge in [-0.25, -0.2) is 4.79 Å². The molecule has 3 rings (SSSR count). The molecular weight excluding hydrogens is 402 g/mol. The Morgan fingerprint density at radius 1 is 1.31 bits per heavy atom. The van der Waals surface area contributed by atoms with Gasteiger partial charge < -0.3 is 9.47 Å². The Labute approximate surface area is 159 Å². The molecule has 7 heteroatoms. The number of carbonyl (C=O) groups is 3. The number of ether oxygens (including phenoxy) is 2. The highest BCUT2D eigenvalue weighted by Gasteiger charge is 2.55. The average molecular weight is 420 g/mol. The van der Waals surface area contributed by atoms with Gasteiger partial charge in [0.05, 0.1) is 6.42 Å². The summed E-state index contributed by atoms with van der Waals surface area (Å²) >= 11 is 3.27. The number of esters is 1. The molecule has 2 aliphatic rings. The lowest BCUT2D eigenvalue weighted by atomic mass is 10.0. The fourth-order valence-electron chi connectivity index (χ4n) is 2.91. The van der Waals surface area contributed by atoms with Crippen LogP contribution in [0, 0.1) is 0 Å². The molecule has 1 unspecified atom stereocenters. The van der Waals surface area contributed by atoms with Crippen molar-refractivity contribution < 1.29 is 23.9 Å². The summed E-state index contributed by atoms with van der Waals surface area (Å²) in [6, 6.07) is 8.26. The number of nitrogens with zero attached hydrogens (tertiary/aromatic N) is 1. The van der Waals surface area contributed by atoms with E-state index in [9.17, 15) is 14.4 Å². The van der Waals surface area contributed by atoms with Crippen LogP contribution in [0.1, 0.15) is 18.4 Å². The molecule has 2 heterocycles. The first-order valence-corrected chi connectivity index (χ1v) is 9.35. The number of halogens is 1. The topological polar surface area (TPSA) is 72.9 Å². The van der Waals surface area contributed by atoms with Gasteiger partial charge >= 0.3 is 5.97 Å². The Hall–Kier alpha value is -2.41. The largest absolute Gasteiger partial charge is 0.471 e. The van der Waals surface area contributed by atoms with Crippen molar-refractivity contribution in [3.63, 3.8) is 0 Å². The van der Waals surface area contributed by atoms with Gasteiger partial charge in [-0.3, -0.25) is 14.5 Å². The van der Waals surface area contributed by atoms with Gasteiger partial charge in [0.15, 0.2) is 12.3 Å². The Morgan fingerprint density at radius 2 is 2.08 bits per heavy atom. The highest BCUT2D eigenvalue weighted by Crippen LogP contribution is 2.38. The van der Waals surface area contributed by atoms with Crippen LogP contribution in [-0.2, 0) is 30.5 Å². The summed E-state index contributed by atoms with van der Waals surface area (Å²) in [6.07, 6.45) is 4.35. The van der Waals surface area contributed by atoms with Crippen molar-refractivity contribution in [2.24, 2.45) is 0 Å². The molecule has 1 amide bonds. The summed E-state index contributed by atoms with van der Waals surface area (Å²) in [5.74, 6) is -0.565. The number of fused-ring (bicyclic) bond motifs is 1. The molecule has 1 aromatic carbocycles. The molecule has 1 aromatic rings. The third kappa shape index (κ3) is 3.72. The lowest BCUT2D eigenvalue weighted by Gasteiger charge is -2.33. The van der Waals surface area contributed by atoms with E-state index in [2.05, 4.69) is 15.9 Å². The summed E-state index contributed by atoms with van der Waals surface area (Å²) in [7, 11) is 0. The number of amides is 1. The van der Waals surface area contributed by atoms with Gasteiger partial charge in [-0.2, -0.15) is 0 Å². The second kappa shape index (κ2) is 8.31. The van der Waals surface area contributed by atoms with Crippen molar-refractivity contribution in [1.82, 2.24) is 4.90 Å². The Balaban J connectivity index is 1.80. The van der Waals surface area contributed by atoms with Crippen LogP contribution in [0.2, 0.25) is 0 Å². The van der Waals surface area contributed by atoms with Crippen LogP contribution < -0.4 is 0 Å². The molecule has 2 saturated heterocycles. The third-order valence-electron chi connectivity index (χ3n) is 4.24. The maximum atomic E-state index is 12.6. The van der Waals surface area contributed by atoms with E-state index < -0.39 is 18.2 Å². The smallest absolute Gasteiger partial charge is 0.337 e. The van der Waals surface area contributed by atoms with Crippen LogP contribution in [0.15, 0.2) is 53.8 Å². The first-order valence-electron chi connectivity index (χ1n) is 8.23. The van der Waals surface area contributed by atoms with Crippen molar-refractivity contribution in [3.05, 3.63) is 59.4 Å². The summed E-state index contributed by atoms with van der Waals surface area (Å²) in [5, 5.41) is 0.658. The number of allylic oxidation sites excluding steroid dienone is 3. The average Bonchev–Trinajstić information content (AvgIpc) is 2.97. The summed E-state index contributed by atoms with van der Waals surface area (Å²) < 4.78 is 11.1. The summed E-state index contributed by atoms with van der Waals surface area (Å²) in [4.78, 5) is 37.4. The Bertz CT molecular complexity index is 758. The Kier molecular flexibility index (Phi) is 5.88. The van der Waals surface area contributed by atoms with E-state index in [-0.39, 0.29) is 24.7 Å². The fourth-order valence-corrected chi connectivity index (χ4v) is 3.17. The van der Waals surface area contributed by atoms with E-state index in [0.717, 1.165) is 5.56 Å². The van der Waals surface area contributed by atoms with Gasteiger partial charge in [0.2, 0.25) is 5.91 Å². The maximum Gasteiger partial charge on any atom is 0.337 e. The van der Waals surface area contributed by atoms with Gasteiger partial charge in [-0.15, -0.1) is 0 Å². The highest BCUT2D eigenvalue weighted by atomic mass is 79.9. The van der Waals surface area contributed by atoms with E-state index in [0.29, 0.717) is 23.6 Å². The first kappa shape index (κ1) is 18.4. The number of carbonyl (C=O) groups excluding carboxylic acids is 3. The van der Waals surface area contributed by atoms with Gasteiger partial charge in [0.1, 0.15) is 18.7 Å². The van der Waals surface area contributed by atoms with Crippen LogP contribution in [-0.4, -0.2) is 40.7 Å². The number of hydrogen-bond acceptors (Lipinski definition) is 5. The van der Waals surface area contributed by atoms with E-state index in [4.69, 9.17) is 9.47 Å². The van der Waals surface area contributed by atoms with E-state index in [1.807, 2.05) is 36.4 Å². The predicted molar refractivity (Wildman–Crippen MR) is 97.0 cm³/mol. The zero-order valence-corrected chi connectivity index (χ0v) is 15.6. The molecule has 26 heavy (non-hydrogen) atoms. The van der Waals surface area contributed by atoms with Crippen molar-refractivity contribution in [3.8, 4) is 0 Å². The minimum atomic E-state index is -0.998. The lowest BCUT2D eigenvalue weighted by Crippen LogP contribution is -2.55. The van der Waals surface area contributed by atoms with Crippen molar-refractivity contribution in [2.75, 3.05) is 5.33 Å². The van der Waals surface area contributed by atoms with Crippen molar-refractivity contribution in [2.45, 2.75) is 31.7 Å². The molecule has 136 valence electrons. The zero-order valence-electron chi connectivity index (χ0n) is 14.0. The zero-order chi connectivity index (χ0) is 18.5. The molecule has 0 aliphatic carbocycles. The second-order valence-corrected chi connectivity index (χ2v) is 6.56. The number of alkyl halides is 1. The highest BCUT2D eigenvalue weighted by molar-refractivity contribution is 9.09. The molecule has 2 fully saturated rings. The third-order valence-corrected chi connectivity index (χ3v) is 4.61. The van der Waals surface area contributed by atoms with Gasteiger partial charge in [-0.05, 0) is 12.0 Å². The normalized spacial score (nSPS) is 23.3. The molecule has 0 spiro atoms. The number of benzene rings is 1. The van der Waals surface area contributed by atoms with E-state index >= 15 is 0 Å². The number of rotatable bonds is 7. The minimum absolute atomic E-state index is 0.0933. The van der Waals surface area contributed by atoms with Crippen LogP contribution in [0.5, 0.6) is 0 Å². The number of β-lactam (4-membered cyclic amide) rings is 1. The van der Waals surface area contributed by atoms with Crippen LogP contribution >= 0.6 is 15.9 Å². The standard InChI is InChI=1S/C19H18BrNO5/c20-9-5-4-8-14(11-22)18-17(21-15(23)10-16(21)26-18)19(24)25-12-13-6-2-1-3-7-13/h1-7,11,16-17H,8-10,12H2/b5-4+,18-14+/t16-,17?/m1/s1. The van der Waals surface area contributed by atoms with Gasteiger partial charge in [0, 0.05) is 10.9 Å². The van der Waals surface area contributed by atoms with Crippen molar-refractivity contribution in [1.29, 1.82) is 0 Å². The van der Waals surface area contributed by atoms with Gasteiger partial charge in [0.25, 0.3) is 0 Å². The molecule has 0 aromatic heterocycles. The molecule has 0 bridgehead atoms. The fraction of sp³-hybridized carbons (Fsp3) is 0.316. The van der Waals surface area contributed by atoms with Crippen LogP contribution in [0.25, 0.3) is 0 Å². The lowest BCUT2D eigenvalue weighted by molar-refractivity contribution is -0.166. The molecule has 0 N–H and O–H groups in total. The maximum absolute atomic E-state index is 12.6. The number of aldehydes is 1. The second-order valence-electron chi connectivity index (χ2n) is 5.91. The van der Waals surface area contributed by atoms with Crippen molar-refractivity contribution >= 4 is 34.1 Å². The van der Waals surface area contributed by atoms with Crippen LogP contribution in [0.4, 0.5) is 0 Å². The summed E-state index contributed by atoms with van der Waals surface area (Å²) in [5.41, 5.74) is 1.18. The van der Waals surface area contributed by atoms with Crippen LogP contribution in [0.3, 0.4) is 0 Å². The Morgan fingerprint density at radius 3 is 2.73 bits per heavy atom. The van der Waals surface area contributed by atoms with E-state index in [1.165, 1.54) is 4.90 Å². The molecule has 6 nitrogen and oxygen atoms in total. The molecule has 2 atom stereocenters. The predicted octanol–water partition coefficient (Wildman–Crippen LogP) is 2.48. The molecule has 0 radical (unpaired) electrons.